The first-order valence-electron chi connectivity index (χ1n) is 9.18. The number of aliphatic hydroxyl groups excluding tert-OH is 1. The number of aliphatic hydroxyl groups is 1. The van der Waals surface area contributed by atoms with Gasteiger partial charge in [0.15, 0.2) is 0 Å². The van der Waals surface area contributed by atoms with E-state index in [0.29, 0.717) is 17.9 Å². The number of aryl methyl sites for hydroxylation is 1. The highest BCUT2D eigenvalue weighted by Crippen LogP contribution is 2.10. The number of hydrogen-bond acceptors (Lipinski definition) is 4. The van der Waals surface area contributed by atoms with Crippen molar-refractivity contribution in [1.82, 2.24) is 19.7 Å². The smallest absolute Gasteiger partial charge is 0.351 e. The number of benzene rings is 2. The predicted octanol–water partition coefficient (Wildman–Crippen LogP) is 1.43. The Kier molecular flexibility index (Phi) is 6.06. The van der Waals surface area contributed by atoms with Gasteiger partial charge in [-0.2, -0.15) is 4.68 Å². The van der Waals surface area contributed by atoms with E-state index in [0.717, 1.165) is 11.1 Å². The summed E-state index contributed by atoms with van der Waals surface area (Å²) in [5, 5.41) is 16.5. The van der Waals surface area contributed by atoms with E-state index < -0.39 is 6.10 Å². The van der Waals surface area contributed by atoms with Crippen LogP contribution in [0.25, 0.3) is 5.69 Å². The van der Waals surface area contributed by atoms with E-state index in [1.807, 2.05) is 61.5 Å². The van der Waals surface area contributed by atoms with Gasteiger partial charge in [0.05, 0.1) is 11.8 Å². The molecule has 0 radical (unpaired) electrons. The number of carbonyl (C=O) groups is 1. The summed E-state index contributed by atoms with van der Waals surface area (Å²) >= 11 is 0. The molecule has 0 spiro atoms. The number of nitrogens with one attached hydrogen (secondary N) is 1. The number of aromatic nitrogens is 3. The van der Waals surface area contributed by atoms with Crippen LogP contribution in [0.2, 0.25) is 0 Å². The SMILES string of the molecule is Cc1cccc(-n2nc(Cc3ccccc3)n(CC(=O)NC[C@H](C)O)c2=O)c1. The van der Waals surface area contributed by atoms with Gasteiger partial charge in [-0.3, -0.25) is 9.36 Å². The fraction of sp³-hybridized carbons (Fsp3) is 0.286. The van der Waals surface area contributed by atoms with E-state index in [9.17, 15) is 14.7 Å². The van der Waals surface area contributed by atoms with Crippen LogP contribution in [0.1, 0.15) is 23.9 Å². The van der Waals surface area contributed by atoms with Crippen LogP contribution >= 0.6 is 0 Å². The summed E-state index contributed by atoms with van der Waals surface area (Å²) in [6.07, 6.45) is -0.224. The minimum Gasteiger partial charge on any atom is -0.392 e. The molecule has 0 aliphatic rings. The average molecular weight is 380 g/mol. The van der Waals surface area contributed by atoms with Gasteiger partial charge < -0.3 is 10.4 Å². The standard InChI is InChI=1S/C21H24N4O3/c1-15-7-6-10-18(11-15)25-21(28)24(14-20(27)22-13-16(2)26)19(23-25)12-17-8-4-3-5-9-17/h3-11,16,26H,12-14H2,1-2H3,(H,22,27)/t16-/m0/s1. The Morgan fingerprint density at radius 1 is 1.18 bits per heavy atom. The molecule has 1 aromatic heterocycles. The van der Waals surface area contributed by atoms with Gasteiger partial charge in [0.2, 0.25) is 5.91 Å². The van der Waals surface area contributed by atoms with Crippen LogP contribution in [0, 0.1) is 6.92 Å². The van der Waals surface area contributed by atoms with E-state index in [-0.39, 0.29) is 24.7 Å². The maximum Gasteiger partial charge on any atom is 0.351 e. The van der Waals surface area contributed by atoms with Crippen LogP contribution in [0.4, 0.5) is 0 Å². The molecular formula is C21H24N4O3. The highest BCUT2D eigenvalue weighted by atomic mass is 16.3. The summed E-state index contributed by atoms with van der Waals surface area (Å²) in [6.45, 7) is 3.51. The summed E-state index contributed by atoms with van der Waals surface area (Å²) < 4.78 is 2.71. The molecule has 2 aromatic carbocycles. The van der Waals surface area contributed by atoms with Crippen molar-refractivity contribution < 1.29 is 9.90 Å². The van der Waals surface area contributed by atoms with Crippen LogP contribution in [0.3, 0.4) is 0 Å². The molecule has 3 aromatic rings. The van der Waals surface area contributed by atoms with Crippen LogP contribution in [0.5, 0.6) is 0 Å². The fourth-order valence-electron chi connectivity index (χ4n) is 2.89. The Morgan fingerprint density at radius 2 is 1.93 bits per heavy atom. The van der Waals surface area contributed by atoms with E-state index in [1.54, 1.807) is 6.92 Å². The highest BCUT2D eigenvalue weighted by Gasteiger charge is 2.18. The molecule has 0 saturated heterocycles. The molecule has 3 rings (SSSR count). The van der Waals surface area contributed by atoms with Gasteiger partial charge in [-0.1, -0.05) is 42.5 Å². The zero-order chi connectivity index (χ0) is 20.1. The number of nitrogens with zero attached hydrogens (tertiary/aromatic N) is 3. The van der Waals surface area contributed by atoms with Gasteiger partial charge >= 0.3 is 5.69 Å². The molecule has 0 fully saturated rings. The summed E-state index contributed by atoms with van der Waals surface area (Å²) in [6, 6.07) is 17.2. The zero-order valence-electron chi connectivity index (χ0n) is 16.0. The van der Waals surface area contributed by atoms with E-state index in [4.69, 9.17) is 0 Å². The molecule has 146 valence electrons. The minimum absolute atomic E-state index is 0.133. The van der Waals surface area contributed by atoms with E-state index in [2.05, 4.69) is 10.4 Å². The molecule has 0 aliphatic carbocycles. The molecule has 0 saturated carbocycles. The predicted molar refractivity (Wildman–Crippen MR) is 106 cm³/mol. The Balaban J connectivity index is 1.97. The molecule has 7 heteroatoms. The summed E-state index contributed by atoms with van der Waals surface area (Å²) in [5.74, 6) is 0.158. The van der Waals surface area contributed by atoms with Crippen molar-refractivity contribution in [2.75, 3.05) is 6.54 Å². The average Bonchev–Trinajstić information content (AvgIpc) is 2.97. The quantitative estimate of drug-likeness (QED) is 0.649. The Morgan fingerprint density at radius 3 is 2.61 bits per heavy atom. The number of amides is 1. The van der Waals surface area contributed by atoms with Gasteiger partial charge in [0, 0.05) is 13.0 Å². The second-order valence-electron chi connectivity index (χ2n) is 6.85. The minimum atomic E-state index is -0.653. The van der Waals surface area contributed by atoms with Crippen molar-refractivity contribution in [3.8, 4) is 5.69 Å². The van der Waals surface area contributed by atoms with Gasteiger partial charge in [-0.15, -0.1) is 5.10 Å². The fourth-order valence-corrected chi connectivity index (χ4v) is 2.89. The number of rotatable bonds is 7. The Labute approximate surface area is 163 Å². The van der Waals surface area contributed by atoms with Crippen molar-refractivity contribution in [1.29, 1.82) is 0 Å². The van der Waals surface area contributed by atoms with E-state index in [1.165, 1.54) is 9.25 Å². The zero-order valence-corrected chi connectivity index (χ0v) is 16.0. The molecule has 0 aliphatic heterocycles. The molecule has 0 unspecified atom stereocenters. The summed E-state index contributed by atoms with van der Waals surface area (Å²) in [5.41, 5.74) is 2.29. The van der Waals surface area contributed by atoms with Crippen molar-refractivity contribution in [2.24, 2.45) is 0 Å². The summed E-state index contributed by atoms with van der Waals surface area (Å²) in [4.78, 5) is 25.3. The van der Waals surface area contributed by atoms with Crippen LogP contribution in [-0.2, 0) is 17.8 Å². The molecule has 1 heterocycles. The van der Waals surface area contributed by atoms with Crippen molar-refractivity contribution >= 4 is 5.91 Å². The van der Waals surface area contributed by atoms with Crippen molar-refractivity contribution in [3.63, 3.8) is 0 Å². The Bertz CT molecular complexity index is 1010. The monoisotopic (exact) mass is 380 g/mol. The Hall–Kier alpha value is -3.19. The lowest BCUT2D eigenvalue weighted by atomic mass is 10.1. The maximum atomic E-state index is 13.0. The molecular weight excluding hydrogens is 356 g/mol. The van der Waals surface area contributed by atoms with Gasteiger partial charge in [0.1, 0.15) is 12.4 Å². The number of carbonyl (C=O) groups excluding carboxylic acids is 1. The first kappa shape index (κ1) is 19.6. The lowest BCUT2D eigenvalue weighted by molar-refractivity contribution is -0.122. The second-order valence-corrected chi connectivity index (χ2v) is 6.85. The summed E-state index contributed by atoms with van der Waals surface area (Å²) in [7, 11) is 0. The normalized spacial score (nSPS) is 12.0. The lowest BCUT2D eigenvalue weighted by Gasteiger charge is -2.08. The third kappa shape index (κ3) is 4.75. The van der Waals surface area contributed by atoms with Crippen molar-refractivity contribution in [2.45, 2.75) is 32.9 Å². The topological polar surface area (TPSA) is 89.2 Å². The first-order chi connectivity index (χ1) is 13.4. The maximum absolute atomic E-state index is 13.0. The van der Waals surface area contributed by atoms with Gasteiger partial charge in [-0.25, -0.2) is 4.79 Å². The molecule has 1 amide bonds. The largest absolute Gasteiger partial charge is 0.392 e. The van der Waals surface area contributed by atoms with Crippen LogP contribution < -0.4 is 11.0 Å². The van der Waals surface area contributed by atoms with Gasteiger partial charge in [-0.05, 0) is 37.1 Å². The van der Waals surface area contributed by atoms with Crippen LogP contribution in [0.15, 0.2) is 59.4 Å². The van der Waals surface area contributed by atoms with Crippen molar-refractivity contribution in [3.05, 3.63) is 82.0 Å². The molecule has 28 heavy (non-hydrogen) atoms. The first-order valence-corrected chi connectivity index (χ1v) is 9.18. The van der Waals surface area contributed by atoms with Crippen LogP contribution in [-0.4, -0.2) is 38.0 Å². The van der Waals surface area contributed by atoms with E-state index >= 15 is 0 Å². The lowest BCUT2D eigenvalue weighted by Crippen LogP contribution is -2.36. The third-order valence-electron chi connectivity index (χ3n) is 4.29. The third-order valence-corrected chi connectivity index (χ3v) is 4.29. The molecule has 2 N–H and O–H groups in total. The number of hydrogen-bond donors (Lipinski definition) is 2. The molecule has 1 atom stereocenters. The van der Waals surface area contributed by atoms with Gasteiger partial charge in [0.25, 0.3) is 0 Å². The molecule has 7 nitrogen and oxygen atoms in total. The second kappa shape index (κ2) is 8.67. The highest BCUT2D eigenvalue weighted by molar-refractivity contribution is 5.75. The molecule has 0 bridgehead atoms.